The first-order valence-corrected chi connectivity index (χ1v) is 14.0. The second-order valence-corrected chi connectivity index (χ2v) is 10.2. The summed E-state index contributed by atoms with van der Waals surface area (Å²) in [6, 6.07) is 17.4. The molecule has 1 fully saturated rings. The number of amides is 2. The number of hydrogen-bond acceptors (Lipinski definition) is 8. The number of rotatable bonds is 8. The minimum Gasteiger partial charge on any atom is -0.494 e. The van der Waals surface area contributed by atoms with Crippen molar-refractivity contribution >= 4 is 52.1 Å². The molecule has 3 aromatic rings. The topological polar surface area (TPSA) is 149 Å². The number of pyridine rings is 1. The Morgan fingerprint density at radius 2 is 1.71 bits per heavy atom. The normalized spacial score (nSPS) is 15.0. The van der Waals surface area contributed by atoms with E-state index in [1.165, 1.54) is 11.8 Å². The number of para-hydroxylation sites is 1. The van der Waals surface area contributed by atoms with Crippen LogP contribution in [0.3, 0.4) is 0 Å². The van der Waals surface area contributed by atoms with E-state index in [2.05, 4.69) is 15.2 Å². The maximum atomic E-state index is 12.9. The lowest BCUT2D eigenvalue weighted by Gasteiger charge is -2.34. The van der Waals surface area contributed by atoms with Gasteiger partial charge in [-0.3, -0.25) is 14.5 Å². The Bertz CT molecular complexity index is 1440. The maximum absolute atomic E-state index is 12.9. The van der Waals surface area contributed by atoms with E-state index in [0.29, 0.717) is 43.3 Å². The van der Waals surface area contributed by atoms with Crippen LogP contribution in [0, 0.1) is 0 Å². The van der Waals surface area contributed by atoms with Gasteiger partial charge in [-0.25, -0.2) is 14.6 Å². The number of nitrogens with zero attached hydrogens (tertiary/aromatic N) is 3. The lowest BCUT2D eigenvalue weighted by molar-refractivity contribution is -0.134. The van der Waals surface area contributed by atoms with Crippen molar-refractivity contribution in [2.75, 3.05) is 50.4 Å². The Hall–Kier alpha value is -4.42. The zero-order chi connectivity index (χ0) is 29.2. The Kier molecular flexibility index (Phi) is 10.3. The van der Waals surface area contributed by atoms with Crippen molar-refractivity contribution in [3.63, 3.8) is 0 Å². The van der Waals surface area contributed by atoms with E-state index in [9.17, 15) is 19.2 Å². The fourth-order valence-electron chi connectivity index (χ4n) is 4.29. The molecule has 0 bridgehead atoms. The summed E-state index contributed by atoms with van der Waals surface area (Å²) in [7, 11) is 0. The third-order valence-electron chi connectivity index (χ3n) is 6.32. The lowest BCUT2D eigenvalue weighted by atomic mass is 10.2. The Morgan fingerprint density at radius 3 is 2.44 bits per heavy atom. The van der Waals surface area contributed by atoms with Crippen molar-refractivity contribution in [3.05, 3.63) is 72.4 Å². The van der Waals surface area contributed by atoms with Crippen LogP contribution >= 0.6 is 11.8 Å². The number of anilines is 1. The van der Waals surface area contributed by atoms with Crippen LogP contribution in [0.4, 0.5) is 5.69 Å². The number of carboxylic acids is 2. The first kappa shape index (κ1) is 29.6. The van der Waals surface area contributed by atoms with Gasteiger partial charge in [0.25, 0.3) is 5.91 Å². The van der Waals surface area contributed by atoms with E-state index >= 15 is 0 Å². The van der Waals surface area contributed by atoms with Crippen molar-refractivity contribution in [2.45, 2.75) is 11.3 Å². The standard InChI is InChI=1S/C25H26N4O3S.C4H4O4/c30-24-17-33-23-16-19(7-9-21(23)27-24)32-15-3-10-28-11-13-29(14-12-28)25(31)22-8-6-18-4-1-2-5-20(18)26-22;5-3(6)1-2-4(7)8/h1-2,4-9,16H,3,10-15,17H2,(H,27,30);1-2H,(H,5,6)(H,7,8). The zero-order valence-electron chi connectivity index (χ0n) is 22.2. The molecule has 5 rings (SSSR count). The van der Waals surface area contributed by atoms with Gasteiger partial charge in [0, 0.05) is 55.2 Å². The molecular weight excluding hydrogens is 548 g/mol. The van der Waals surface area contributed by atoms with Crippen molar-refractivity contribution in [3.8, 4) is 5.75 Å². The van der Waals surface area contributed by atoms with Crippen molar-refractivity contribution < 1.29 is 34.1 Å². The molecule has 0 aliphatic carbocycles. The summed E-state index contributed by atoms with van der Waals surface area (Å²) < 4.78 is 5.92. The summed E-state index contributed by atoms with van der Waals surface area (Å²) in [5.41, 5.74) is 2.22. The number of aliphatic carboxylic acids is 2. The van der Waals surface area contributed by atoms with E-state index in [1.54, 1.807) is 0 Å². The monoisotopic (exact) mass is 578 g/mol. The molecule has 0 radical (unpaired) electrons. The fourth-order valence-corrected chi connectivity index (χ4v) is 5.12. The number of benzene rings is 2. The summed E-state index contributed by atoms with van der Waals surface area (Å²) >= 11 is 1.54. The Morgan fingerprint density at radius 1 is 0.976 bits per heavy atom. The summed E-state index contributed by atoms with van der Waals surface area (Å²) in [4.78, 5) is 53.3. The van der Waals surface area contributed by atoms with Crippen LogP contribution in [0.2, 0.25) is 0 Å². The average Bonchev–Trinajstić information content (AvgIpc) is 2.98. The number of carboxylic acid groups (broad SMARTS) is 2. The molecule has 3 heterocycles. The first-order chi connectivity index (χ1) is 19.8. The van der Waals surface area contributed by atoms with Crippen molar-refractivity contribution in [1.29, 1.82) is 0 Å². The van der Waals surface area contributed by atoms with E-state index in [1.807, 2.05) is 59.5 Å². The highest BCUT2D eigenvalue weighted by Gasteiger charge is 2.23. The second-order valence-electron chi connectivity index (χ2n) is 9.23. The molecule has 214 valence electrons. The van der Waals surface area contributed by atoms with Gasteiger partial charge in [-0.2, -0.15) is 0 Å². The minimum absolute atomic E-state index is 0.00482. The number of hydrogen-bond donors (Lipinski definition) is 3. The molecule has 2 aliphatic heterocycles. The van der Waals surface area contributed by atoms with Gasteiger partial charge < -0.3 is 25.2 Å². The number of piperazine rings is 1. The Balaban J connectivity index is 0.000000426. The zero-order valence-corrected chi connectivity index (χ0v) is 23.0. The van der Waals surface area contributed by atoms with Gasteiger partial charge in [0.2, 0.25) is 5.91 Å². The quantitative estimate of drug-likeness (QED) is 0.269. The molecule has 2 aromatic carbocycles. The number of thioether (sulfide) groups is 1. The molecule has 1 saturated heterocycles. The van der Waals surface area contributed by atoms with Crippen LogP contribution in [-0.2, 0) is 14.4 Å². The smallest absolute Gasteiger partial charge is 0.328 e. The first-order valence-electron chi connectivity index (χ1n) is 13.0. The number of carbonyl (C=O) groups is 4. The third-order valence-corrected chi connectivity index (χ3v) is 7.37. The highest BCUT2D eigenvalue weighted by Crippen LogP contribution is 2.34. The summed E-state index contributed by atoms with van der Waals surface area (Å²) in [6.07, 6.45) is 2.03. The van der Waals surface area contributed by atoms with E-state index < -0.39 is 11.9 Å². The van der Waals surface area contributed by atoms with Crippen LogP contribution in [-0.4, -0.2) is 93.8 Å². The van der Waals surface area contributed by atoms with E-state index in [4.69, 9.17) is 14.9 Å². The lowest BCUT2D eigenvalue weighted by Crippen LogP contribution is -2.49. The highest BCUT2D eigenvalue weighted by molar-refractivity contribution is 8.00. The molecule has 3 N–H and O–H groups in total. The van der Waals surface area contributed by atoms with E-state index in [0.717, 1.165) is 53.3 Å². The van der Waals surface area contributed by atoms with Crippen LogP contribution in [0.15, 0.2) is 71.6 Å². The Labute approximate surface area is 240 Å². The average molecular weight is 579 g/mol. The van der Waals surface area contributed by atoms with Gasteiger partial charge in [-0.05, 0) is 36.8 Å². The van der Waals surface area contributed by atoms with Crippen LogP contribution in [0.1, 0.15) is 16.9 Å². The highest BCUT2D eigenvalue weighted by atomic mass is 32.2. The number of nitrogens with one attached hydrogen (secondary N) is 1. The van der Waals surface area contributed by atoms with Gasteiger partial charge in [-0.1, -0.05) is 24.3 Å². The number of ether oxygens (including phenoxy) is 1. The number of fused-ring (bicyclic) bond motifs is 2. The predicted molar refractivity (Wildman–Crippen MR) is 154 cm³/mol. The SMILES string of the molecule is O=C(O)C=CC(=O)O.O=C1CSc2cc(OCCCN3CCN(C(=O)c4ccc5ccccc5n4)CC3)ccc2N1. The molecule has 2 aliphatic rings. The molecule has 12 heteroatoms. The maximum Gasteiger partial charge on any atom is 0.328 e. The molecule has 41 heavy (non-hydrogen) atoms. The van der Waals surface area contributed by atoms with Crippen LogP contribution < -0.4 is 10.1 Å². The van der Waals surface area contributed by atoms with Gasteiger partial charge in [0.05, 0.1) is 23.6 Å². The number of aromatic nitrogens is 1. The predicted octanol–water partition coefficient (Wildman–Crippen LogP) is 3.22. The largest absolute Gasteiger partial charge is 0.494 e. The minimum atomic E-state index is -1.26. The molecule has 0 atom stereocenters. The van der Waals surface area contributed by atoms with Crippen molar-refractivity contribution in [2.24, 2.45) is 0 Å². The van der Waals surface area contributed by atoms with Gasteiger partial charge in [0.15, 0.2) is 0 Å². The fraction of sp³-hybridized carbons (Fsp3) is 0.276. The third kappa shape index (κ3) is 8.78. The van der Waals surface area contributed by atoms with Gasteiger partial charge in [-0.15, -0.1) is 11.8 Å². The van der Waals surface area contributed by atoms with E-state index in [-0.39, 0.29) is 11.8 Å². The van der Waals surface area contributed by atoms with Crippen molar-refractivity contribution in [1.82, 2.24) is 14.8 Å². The summed E-state index contributed by atoms with van der Waals surface area (Å²) in [5, 5.41) is 19.5. The van der Waals surface area contributed by atoms with Gasteiger partial charge in [0.1, 0.15) is 11.4 Å². The molecule has 1 aromatic heterocycles. The molecule has 11 nitrogen and oxygen atoms in total. The molecule has 2 amide bonds. The molecule has 0 saturated carbocycles. The second kappa shape index (κ2) is 14.3. The molecule has 0 unspecified atom stereocenters. The summed E-state index contributed by atoms with van der Waals surface area (Å²) in [6.45, 7) is 4.70. The van der Waals surface area contributed by atoms with Crippen LogP contribution in [0.25, 0.3) is 10.9 Å². The molecular formula is C29H30N4O7S. The van der Waals surface area contributed by atoms with Gasteiger partial charge >= 0.3 is 11.9 Å². The number of carbonyl (C=O) groups excluding carboxylic acids is 2. The molecule has 0 spiro atoms. The summed E-state index contributed by atoms with van der Waals surface area (Å²) in [5.74, 6) is -1.20. The van der Waals surface area contributed by atoms with Crippen LogP contribution in [0.5, 0.6) is 5.75 Å².